The Morgan fingerprint density at radius 1 is 1.12 bits per heavy atom. The largest absolute Gasteiger partial charge is 0.397 e. The molecule has 3 nitrogen and oxygen atoms in total. The standard InChI is InChI=1S/C13H12N2O/c14-11(12-7-4-8-15-12)9-13(16)10-5-2-1-3-6-10/h1-9,15H,14H2/b11-9-. The molecule has 1 aromatic heterocycles. The molecule has 0 bridgehead atoms. The highest BCUT2D eigenvalue weighted by molar-refractivity contribution is 6.08. The van der Waals surface area contributed by atoms with E-state index in [4.69, 9.17) is 5.73 Å². The molecular formula is C13H12N2O. The first-order chi connectivity index (χ1) is 7.77. The van der Waals surface area contributed by atoms with Gasteiger partial charge in [0, 0.05) is 17.8 Å². The first-order valence-electron chi connectivity index (χ1n) is 4.97. The van der Waals surface area contributed by atoms with Gasteiger partial charge in [0.25, 0.3) is 0 Å². The van der Waals surface area contributed by atoms with Crippen molar-refractivity contribution in [1.82, 2.24) is 4.98 Å². The molecular weight excluding hydrogens is 200 g/mol. The normalized spacial score (nSPS) is 11.4. The molecule has 0 spiro atoms. The van der Waals surface area contributed by atoms with Gasteiger partial charge in [0.2, 0.25) is 0 Å². The molecule has 0 aliphatic rings. The van der Waals surface area contributed by atoms with Crippen LogP contribution in [-0.4, -0.2) is 10.8 Å². The number of carbonyl (C=O) groups is 1. The smallest absolute Gasteiger partial charge is 0.187 e. The molecule has 0 saturated heterocycles. The first kappa shape index (κ1) is 10.2. The van der Waals surface area contributed by atoms with E-state index in [2.05, 4.69) is 4.98 Å². The van der Waals surface area contributed by atoms with Crippen molar-refractivity contribution in [3.63, 3.8) is 0 Å². The van der Waals surface area contributed by atoms with Crippen LogP contribution in [0.2, 0.25) is 0 Å². The van der Waals surface area contributed by atoms with Gasteiger partial charge in [0.15, 0.2) is 5.78 Å². The highest BCUT2D eigenvalue weighted by Crippen LogP contribution is 2.08. The molecule has 80 valence electrons. The summed E-state index contributed by atoms with van der Waals surface area (Å²) in [5.41, 5.74) is 7.62. The lowest BCUT2D eigenvalue weighted by Gasteiger charge is -1.98. The van der Waals surface area contributed by atoms with E-state index >= 15 is 0 Å². The number of nitrogens with two attached hydrogens (primary N) is 1. The fraction of sp³-hybridized carbons (Fsp3) is 0. The van der Waals surface area contributed by atoms with Crippen LogP contribution in [0.1, 0.15) is 16.1 Å². The van der Waals surface area contributed by atoms with E-state index < -0.39 is 0 Å². The molecule has 0 atom stereocenters. The number of nitrogens with one attached hydrogen (secondary N) is 1. The zero-order valence-electron chi connectivity index (χ0n) is 8.68. The van der Waals surface area contributed by atoms with Crippen LogP contribution in [0.25, 0.3) is 5.70 Å². The van der Waals surface area contributed by atoms with Crippen LogP contribution in [0.5, 0.6) is 0 Å². The molecule has 1 aromatic carbocycles. The van der Waals surface area contributed by atoms with Crippen molar-refractivity contribution in [3.8, 4) is 0 Å². The highest BCUT2D eigenvalue weighted by atomic mass is 16.1. The van der Waals surface area contributed by atoms with Crippen LogP contribution >= 0.6 is 0 Å². The summed E-state index contributed by atoms with van der Waals surface area (Å²) in [5, 5.41) is 0. The number of carbonyl (C=O) groups excluding carboxylic acids is 1. The second kappa shape index (κ2) is 4.49. The summed E-state index contributed by atoms with van der Waals surface area (Å²) in [6.07, 6.45) is 3.20. The SMILES string of the molecule is N/C(=C\C(=O)c1ccccc1)c1ccc[nH]1. The maximum Gasteiger partial charge on any atom is 0.187 e. The summed E-state index contributed by atoms with van der Waals surface area (Å²) in [7, 11) is 0. The van der Waals surface area contributed by atoms with E-state index in [1.807, 2.05) is 30.3 Å². The Kier molecular flexibility index (Phi) is 2.87. The molecule has 0 saturated carbocycles. The van der Waals surface area contributed by atoms with Gasteiger partial charge in [-0.25, -0.2) is 0 Å². The maximum atomic E-state index is 11.8. The van der Waals surface area contributed by atoms with Gasteiger partial charge in [-0.3, -0.25) is 4.79 Å². The Hall–Kier alpha value is -2.29. The van der Waals surface area contributed by atoms with Crippen molar-refractivity contribution in [1.29, 1.82) is 0 Å². The quantitative estimate of drug-likeness (QED) is 0.605. The fourth-order valence-corrected chi connectivity index (χ4v) is 1.41. The molecule has 3 heteroatoms. The van der Waals surface area contributed by atoms with E-state index in [1.165, 1.54) is 6.08 Å². The Bertz CT molecular complexity index is 498. The van der Waals surface area contributed by atoms with E-state index in [1.54, 1.807) is 18.3 Å². The number of aromatic nitrogens is 1. The second-order valence-corrected chi connectivity index (χ2v) is 3.41. The predicted molar refractivity (Wildman–Crippen MR) is 63.7 cm³/mol. The van der Waals surface area contributed by atoms with Gasteiger partial charge in [-0.15, -0.1) is 0 Å². The van der Waals surface area contributed by atoms with E-state index in [9.17, 15) is 4.79 Å². The zero-order chi connectivity index (χ0) is 11.4. The first-order valence-corrected chi connectivity index (χ1v) is 4.97. The molecule has 0 unspecified atom stereocenters. The molecule has 0 aliphatic carbocycles. The Labute approximate surface area is 93.6 Å². The number of hydrogen-bond acceptors (Lipinski definition) is 2. The number of ketones is 1. The molecule has 0 fully saturated rings. The molecule has 16 heavy (non-hydrogen) atoms. The third-order valence-corrected chi connectivity index (χ3v) is 2.25. The third kappa shape index (κ3) is 2.20. The van der Waals surface area contributed by atoms with Gasteiger partial charge in [0.1, 0.15) is 0 Å². The third-order valence-electron chi connectivity index (χ3n) is 2.25. The summed E-state index contributed by atoms with van der Waals surface area (Å²) in [4.78, 5) is 14.7. The predicted octanol–water partition coefficient (Wildman–Crippen LogP) is 2.20. The van der Waals surface area contributed by atoms with Crippen LogP contribution in [0.15, 0.2) is 54.7 Å². The number of H-pyrrole nitrogens is 1. The van der Waals surface area contributed by atoms with Crippen molar-refractivity contribution < 1.29 is 4.79 Å². The second-order valence-electron chi connectivity index (χ2n) is 3.41. The van der Waals surface area contributed by atoms with Gasteiger partial charge in [-0.05, 0) is 12.1 Å². The summed E-state index contributed by atoms with van der Waals surface area (Å²) < 4.78 is 0. The fourth-order valence-electron chi connectivity index (χ4n) is 1.41. The summed E-state index contributed by atoms with van der Waals surface area (Å²) in [6, 6.07) is 12.7. The number of hydrogen-bond donors (Lipinski definition) is 2. The van der Waals surface area contributed by atoms with Crippen LogP contribution in [-0.2, 0) is 0 Å². The topological polar surface area (TPSA) is 58.9 Å². The molecule has 0 aliphatic heterocycles. The van der Waals surface area contributed by atoms with Gasteiger partial charge in [0.05, 0.1) is 11.4 Å². The molecule has 2 aromatic rings. The average Bonchev–Trinajstić information content (AvgIpc) is 2.83. The number of benzene rings is 1. The zero-order valence-corrected chi connectivity index (χ0v) is 8.68. The minimum atomic E-state index is -0.0901. The van der Waals surface area contributed by atoms with E-state index in [0.29, 0.717) is 11.3 Å². The van der Waals surface area contributed by atoms with Gasteiger partial charge >= 0.3 is 0 Å². The number of aromatic amines is 1. The lowest BCUT2D eigenvalue weighted by molar-refractivity contribution is 0.104. The van der Waals surface area contributed by atoms with Crippen LogP contribution < -0.4 is 5.73 Å². The van der Waals surface area contributed by atoms with Crippen molar-refractivity contribution in [2.24, 2.45) is 5.73 Å². The van der Waals surface area contributed by atoms with Crippen LogP contribution in [0, 0.1) is 0 Å². The molecule has 2 rings (SSSR count). The van der Waals surface area contributed by atoms with Crippen molar-refractivity contribution in [2.75, 3.05) is 0 Å². The molecule has 3 N–H and O–H groups in total. The highest BCUT2D eigenvalue weighted by Gasteiger charge is 2.03. The summed E-state index contributed by atoms with van der Waals surface area (Å²) in [6.45, 7) is 0. The van der Waals surface area contributed by atoms with Crippen LogP contribution in [0.4, 0.5) is 0 Å². The van der Waals surface area contributed by atoms with E-state index in [0.717, 1.165) is 5.69 Å². The lowest BCUT2D eigenvalue weighted by Crippen LogP contribution is -2.02. The van der Waals surface area contributed by atoms with Gasteiger partial charge in [-0.1, -0.05) is 30.3 Å². The van der Waals surface area contributed by atoms with Crippen molar-refractivity contribution in [2.45, 2.75) is 0 Å². The number of rotatable bonds is 3. The Morgan fingerprint density at radius 3 is 2.50 bits per heavy atom. The summed E-state index contributed by atoms with van der Waals surface area (Å²) >= 11 is 0. The van der Waals surface area contributed by atoms with Crippen LogP contribution in [0.3, 0.4) is 0 Å². The summed E-state index contributed by atoms with van der Waals surface area (Å²) in [5.74, 6) is -0.0901. The minimum Gasteiger partial charge on any atom is -0.397 e. The van der Waals surface area contributed by atoms with Crippen molar-refractivity contribution in [3.05, 3.63) is 66.0 Å². The average molecular weight is 212 g/mol. The minimum absolute atomic E-state index is 0.0901. The lowest BCUT2D eigenvalue weighted by atomic mass is 10.1. The van der Waals surface area contributed by atoms with Gasteiger partial charge in [-0.2, -0.15) is 0 Å². The number of allylic oxidation sites excluding steroid dienone is 1. The Balaban J connectivity index is 2.22. The van der Waals surface area contributed by atoms with Gasteiger partial charge < -0.3 is 10.7 Å². The van der Waals surface area contributed by atoms with E-state index in [-0.39, 0.29) is 5.78 Å². The maximum absolute atomic E-state index is 11.8. The molecule has 1 heterocycles. The molecule has 0 radical (unpaired) electrons. The monoisotopic (exact) mass is 212 g/mol. The van der Waals surface area contributed by atoms with Crippen molar-refractivity contribution >= 4 is 11.5 Å². The molecule has 0 amide bonds. The Morgan fingerprint density at radius 2 is 1.88 bits per heavy atom.